The number of likely N-dealkylation sites (N-methyl/N-ethyl adjacent to an activating group) is 1. The van der Waals surface area contributed by atoms with Crippen molar-refractivity contribution in [2.75, 3.05) is 59.9 Å². The molecule has 1 saturated heterocycles. The molecule has 200 valence electrons. The van der Waals surface area contributed by atoms with Gasteiger partial charge in [0.25, 0.3) is 0 Å². The van der Waals surface area contributed by atoms with E-state index in [1.807, 2.05) is 0 Å². The molecule has 3 heterocycles. The molecule has 0 saturated carbocycles. The summed E-state index contributed by atoms with van der Waals surface area (Å²) in [5, 5.41) is 0. The molecular weight excluding hydrogens is 491 g/mol. The summed E-state index contributed by atoms with van der Waals surface area (Å²) >= 11 is 0. The number of aryl methyl sites for hydroxylation is 4. The fourth-order valence-electron chi connectivity index (χ4n) is 4.96. The first-order valence-corrected chi connectivity index (χ1v) is 12.9. The van der Waals surface area contributed by atoms with Gasteiger partial charge >= 0.3 is 0 Å². The van der Waals surface area contributed by atoms with E-state index >= 15 is 0 Å². The molecule has 8 heteroatoms. The average molecular weight is 536 g/mol. The van der Waals surface area contributed by atoms with Crippen LogP contribution in [0.1, 0.15) is 41.6 Å². The van der Waals surface area contributed by atoms with Gasteiger partial charge in [-0.1, -0.05) is 31.2 Å². The van der Waals surface area contributed by atoms with E-state index in [2.05, 4.69) is 84.5 Å². The van der Waals surface area contributed by atoms with E-state index in [4.69, 9.17) is 9.97 Å². The molecule has 36 heavy (non-hydrogen) atoms. The molecular formula is C28H44Cl2N6. The minimum Gasteiger partial charge on any atom is -0.308 e. The van der Waals surface area contributed by atoms with Gasteiger partial charge in [0.15, 0.2) is 5.65 Å². The zero-order valence-corrected chi connectivity index (χ0v) is 24.3. The molecule has 0 aliphatic carbocycles. The van der Waals surface area contributed by atoms with Crippen LogP contribution in [0.5, 0.6) is 0 Å². The number of fused-ring (bicyclic) bond motifs is 1. The van der Waals surface area contributed by atoms with Crippen LogP contribution in [0.15, 0.2) is 30.3 Å². The Balaban J connectivity index is 0.00000228. The molecule has 1 aliphatic rings. The molecule has 1 fully saturated rings. The first kappa shape index (κ1) is 30.5. The number of imidazole rings is 1. The Bertz CT molecular complexity index is 1070. The van der Waals surface area contributed by atoms with Gasteiger partial charge in [-0.2, -0.15) is 0 Å². The summed E-state index contributed by atoms with van der Waals surface area (Å²) in [6.07, 6.45) is 3.29. The fraction of sp³-hybridized carbons (Fsp3) is 0.571. The zero-order valence-electron chi connectivity index (χ0n) is 22.7. The molecule has 0 unspecified atom stereocenters. The lowest BCUT2D eigenvalue weighted by Crippen LogP contribution is -2.48. The van der Waals surface area contributed by atoms with Gasteiger partial charge in [-0.3, -0.25) is 4.90 Å². The van der Waals surface area contributed by atoms with Crippen molar-refractivity contribution in [3.8, 4) is 0 Å². The van der Waals surface area contributed by atoms with Gasteiger partial charge in [0.1, 0.15) is 11.3 Å². The average Bonchev–Trinajstić information content (AvgIpc) is 3.17. The van der Waals surface area contributed by atoms with Crippen LogP contribution in [-0.2, 0) is 19.4 Å². The van der Waals surface area contributed by atoms with Crippen LogP contribution in [-0.4, -0.2) is 89.1 Å². The van der Waals surface area contributed by atoms with Crippen LogP contribution < -0.4 is 0 Å². The van der Waals surface area contributed by atoms with E-state index in [-0.39, 0.29) is 24.8 Å². The molecule has 0 amide bonds. The Morgan fingerprint density at radius 3 is 2.08 bits per heavy atom. The monoisotopic (exact) mass is 534 g/mol. The van der Waals surface area contributed by atoms with Gasteiger partial charge in [0.05, 0.1) is 6.54 Å². The van der Waals surface area contributed by atoms with Crippen molar-refractivity contribution in [3.05, 3.63) is 58.5 Å². The maximum Gasteiger partial charge on any atom is 0.160 e. The molecule has 4 rings (SSSR count). The second-order valence-corrected chi connectivity index (χ2v) is 10.1. The largest absolute Gasteiger partial charge is 0.308 e. The molecule has 1 aromatic carbocycles. The molecule has 3 aromatic rings. The van der Waals surface area contributed by atoms with E-state index in [9.17, 15) is 0 Å². The zero-order chi connectivity index (χ0) is 24.1. The second-order valence-electron chi connectivity index (χ2n) is 10.1. The van der Waals surface area contributed by atoms with Gasteiger partial charge in [0.2, 0.25) is 0 Å². The molecule has 6 nitrogen and oxygen atoms in total. The van der Waals surface area contributed by atoms with Gasteiger partial charge in [-0.25, -0.2) is 9.97 Å². The summed E-state index contributed by atoms with van der Waals surface area (Å²) in [5.74, 6) is 1.11. The molecule has 1 aliphatic heterocycles. The SMILES string of the molecule is CCc1nc2c(C)cc(C)nc2n1Cc1ccc(CCCN2CCN(CCN(C)C)CC2)cc1.Cl.Cl. The van der Waals surface area contributed by atoms with Crippen LogP contribution in [0.4, 0.5) is 0 Å². The summed E-state index contributed by atoms with van der Waals surface area (Å²) in [4.78, 5) is 17.2. The van der Waals surface area contributed by atoms with Crippen LogP contribution in [0.2, 0.25) is 0 Å². The number of pyridine rings is 1. The van der Waals surface area contributed by atoms with Crippen molar-refractivity contribution in [1.82, 2.24) is 29.2 Å². The van der Waals surface area contributed by atoms with Gasteiger partial charge < -0.3 is 14.4 Å². The number of aromatic nitrogens is 3. The highest BCUT2D eigenvalue weighted by Crippen LogP contribution is 2.21. The number of rotatable bonds is 10. The van der Waals surface area contributed by atoms with Crippen molar-refractivity contribution >= 4 is 36.0 Å². The van der Waals surface area contributed by atoms with Gasteiger partial charge in [-0.05, 0) is 70.1 Å². The van der Waals surface area contributed by atoms with E-state index in [0.717, 1.165) is 48.6 Å². The highest BCUT2D eigenvalue weighted by atomic mass is 35.5. The Labute approximate surface area is 229 Å². The first-order chi connectivity index (χ1) is 16.4. The third kappa shape index (κ3) is 7.90. The fourth-order valence-corrected chi connectivity index (χ4v) is 4.96. The Morgan fingerprint density at radius 2 is 1.47 bits per heavy atom. The Hall–Kier alpha value is -1.70. The summed E-state index contributed by atoms with van der Waals surface area (Å²) in [7, 11) is 4.31. The highest BCUT2D eigenvalue weighted by Gasteiger charge is 2.16. The van der Waals surface area contributed by atoms with Crippen LogP contribution in [0, 0.1) is 13.8 Å². The molecule has 0 N–H and O–H groups in total. The van der Waals surface area contributed by atoms with Crippen molar-refractivity contribution in [1.29, 1.82) is 0 Å². The lowest BCUT2D eigenvalue weighted by Gasteiger charge is -2.35. The molecule has 0 radical (unpaired) electrons. The lowest BCUT2D eigenvalue weighted by molar-refractivity contribution is 0.124. The smallest absolute Gasteiger partial charge is 0.160 e. The second kappa shape index (κ2) is 14.3. The predicted octanol–water partition coefficient (Wildman–Crippen LogP) is 4.61. The summed E-state index contributed by atoms with van der Waals surface area (Å²) in [6, 6.07) is 11.3. The minimum atomic E-state index is 0. The lowest BCUT2D eigenvalue weighted by atomic mass is 10.1. The Kier molecular flexibility index (Phi) is 12.1. The molecule has 0 spiro atoms. The predicted molar refractivity (Wildman–Crippen MR) is 156 cm³/mol. The number of piperazine rings is 1. The van der Waals surface area contributed by atoms with Crippen molar-refractivity contribution in [3.63, 3.8) is 0 Å². The minimum absolute atomic E-state index is 0. The Morgan fingerprint density at radius 1 is 0.861 bits per heavy atom. The van der Waals surface area contributed by atoms with Gasteiger partial charge in [0, 0.05) is 51.4 Å². The van der Waals surface area contributed by atoms with E-state index < -0.39 is 0 Å². The maximum atomic E-state index is 4.88. The number of halogens is 2. The topological polar surface area (TPSA) is 40.4 Å². The van der Waals surface area contributed by atoms with Crippen LogP contribution >= 0.6 is 24.8 Å². The molecule has 0 atom stereocenters. The van der Waals surface area contributed by atoms with Crippen molar-refractivity contribution in [2.24, 2.45) is 0 Å². The molecule has 0 bridgehead atoms. The maximum absolute atomic E-state index is 4.88. The summed E-state index contributed by atoms with van der Waals surface area (Å²) in [5.41, 5.74) is 7.06. The summed E-state index contributed by atoms with van der Waals surface area (Å²) in [6.45, 7) is 15.6. The quantitative estimate of drug-likeness (QED) is 0.379. The van der Waals surface area contributed by atoms with E-state index in [0.29, 0.717) is 0 Å². The van der Waals surface area contributed by atoms with E-state index in [1.165, 1.54) is 62.4 Å². The number of hydrogen-bond donors (Lipinski definition) is 0. The third-order valence-corrected chi connectivity index (χ3v) is 7.05. The summed E-state index contributed by atoms with van der Waals surface area (Å²) < 4.78 is 2.29. The highest BCUT2D eigenvalue weighted by molar-refractivity contribution is 5.85. The van der Waals surface area contributed by atoms with E-state index in [1.54, 1.807) is 0 Å². The standard InChI is InChI=1S/C28H42N6.2ClH/c1-6-26-30-27-22(2)20-23(3)29-28(27)34(26)21-25-11-9-24(10-12-25)8-7-13-32-16-18-33(19-17-32)15-14-31(4)5;;/h9-12,20H,6-8,13-19,21H2,1-5H3;2*1H. The van der Waals surface area contributed by atoms with Crippen LogP contribution in [0.25, 0.3) is 11.2 Å². The van der Waals surface area contributed by atoms with Crippen LogP contribution in [0.3, 0.4) is 0 Å². The third-order valence-electron chi connectivity index (χ3n) is 7.05. The van der Waals surface area contributed by atoms with Gasteiger partial charge in [-0.15, -0.1) is 24.8 Å². The van der Waals surface area contributed by atoms with Crippen molar-refractivity contribution < 1.29 is 0 Å². The first-order valence-electron chi connectivity index (χ1n) is 12.9. The van der Waals surface area contributed by atoms with Crippen molar-refractivity contribution in [2.45, 2.75) is 46.6 Å². The normalized spacial score (nSPS) is 14.7. The number of nitrogens with zero attached hydrogens (tertiary/aromatic N) is 6. The molecule has 2 aromatic heterocycles. The number of hydrogen-bond acceptors (Lipinski definition) is 5. The number of benzene rings is 1.